The molecule has 6 heteroatoms. The normalized spacial score (nSPS) is 21.6. The van der Waals surface area contributed by atoms with Crippen LogP contribution in [0.5, 0.6) is 0 Å². The lowest BCUT2D eigenvalue weighted by molar-refractivity contribution is -0.142. The summed E-state index contributed by atoms with van der Waals surface area (Å²) in [4.78, 5) is 23.0. The quantitative estimate of drug-likeness (QED) is 0.827. The van der Waals surface area contributed by atoms with Crippen molar-refractivity contribution in [2.24, 2.45) is 5.92 Å². The number of hydrogen-bond acceptors (Lipinski definition) is 4. The number of carboxylic acids is 1. The monoisotopic (exact) mass is 279 g/mol. The highest BCUT2D eigenvalue weighted by atomic mass is 16.5. The SMILES string of the molecule is COCc1ccc(C(=O)NC2COCC2C(=O)O)cc1. The van der Waals surface area contributed by atoms with E-state index < -0.39 is 17.9 Å². The molecule has 0 aromatic heterocycles. The Morgan fingerprint density at radius 1 is 1.35 bits per heavy atom. The van der Waals surface area contributed by atoms with Crippen LogP contribution < -0.4 is 5.32 Å². The maximum absolute atomic E-state index is 12.0. The van der Waals surface area contributed by atoms with Gasteiger partial charge in [-0.05, 0) is 17.7 Å². The topological polar surface area (TPSA) is 84.9 Å². The lowest BCUT2D eigenvalue weighted by atomic mass is 10.0. The number of hydrogen-bond donors (Lipinski definition) is 2. The van der Waals surface area contributed by atoms with E-state index >= 15 is 0 Å². The summed E-state index contributed by atoms with van der Waals surface area (Å²) in [6.07, 6.45) is 0. The maximum atomic E-state index is 12.0. The molecule has 2 atom stereocenters. The van der Waals surface area contributed by atoms with Crippen LogP contribution in [0.4, 0.5) is 0 Å². The fourth-order valence-electron chi connectivity index (χ4n) is 2.11. The molecule has 1 saturated heterocycles. The van der Waals surface area contributed by atoms with Crippen LogP contribution in [0.15, 0.2) is 24.3 Å². The van der Waals surface area contributed by atoms with Gasteiger partial charge in [0.15, 0.2) is 0 Å². The molecule has 1 aromatic carbocycles. The molecule has 2 N–H and O–H groups in total. The van der Waals surface area contributed by atoms with Gasteiger partial charge < -0.3 is 19.9 Å². The summed E-state index contributed by atoms with van der Waals surface area (Å²) in [6, 6.07) is 6.50. The van der Waals surface area contributed by atoms with Gasteiger partial charge in [-0.2, -0.15) is 0 Å². The molecule has 1 heterocycles. The van der Waals surface area contributed by atoms with E-state index in [2.05, 4.69) is 5.32 Å². The Bertz CT molecular complexity index is 485. The van der Waals surface area contributed by atoms with Gasteiger partial charge in [-0.15, -0.1) is 0 Å². The molecule has 1 aliphatic rings. The number of carbonyl (C=O) groups excluding carboxylic acids is 1. The van der Waals surface area contributed by atoms with E-state index in [-0.39, 0.29) is 19.1 Å². The van der Waals surface area contributed by atoms with Crippen molar-refractivity contribution in [3.8, 4) is 0 Å². The van der Waals surface area contributed by atoms with E-state index in [1.165, 1.54) is 0 Å². The minimum atomic E-state index is -0.955. The van der Waals surface area contributed by atoms with Crippen molar-refractivity contribution in [2.75, 3.05) is 20.3 Å². The number of rotatable bonds is 5. The van der Waals surface area contributed by atoms with Gasteiger partial charge >= 0.3 is 5.97 Å². The third kappa shape index (κ3) is 3.34. The van der Waals surface area contributed by atoms with Gasteiger partial charge in [0.2, 0.25) is 0 Å². The molecule has 6 nitrogen and oxygen atoms in total. The molecule has 1 aliphatic heterocycles. The molecule has 1 fully saturated rings. The van der Waals surface area contributed by atoms with Gasteiger partial charge in [0.25, 0.3) is 5.91 Å². The Morgan fingerprint density at radius 2 is 2.05 bits per heavy atom. The summed E-state index contributed by atoms with van der Waals surface area (Å²) in [5.74, 6) is -1.94. The van der Waals surface area contributed by atoms with E-state index in [9.17, 15) is 9.59 Å². The molecule has 0 radical (unpaired) electrons. The van der Waals surface area contributed by atoms with Gasteiger partial charge in [0.05, 0.1) is 25.9 Å². The Morgan fingerprint density at radius 3 is 2.65 bits per heavy atom. The average Bonchev–Trinajstić information content (AvgIpc) is 2.88. The molecule has 2 rings (SSSR count). The number of carbonyl (C=O) groups is 2. The van der Waals surface area contributed by atoms with Crippen molar-refractivity contribution >= 4 is 11.9 Å². The smallest absolute Gasteiger partial charge is 0.311 e. The Hall–Kier alpha value is -1.92. The number of benzene rings is 1. The second-order valence-corrected chi connectivity index (χ2v) is 4.69. The van der Waals surface area contributed by atoms with E-state index in [1.807, 2.05) is 0 Å². The van der Waals surface area contributed by atoms with Crippen LogP contribution in [0.2, 0.25) is 0 Å². The Kier molecular flexibility index (Phi) is 4.70. The first-order valence-electron chi connectivity index (χ1n) is 6.31. The number of amides is 1. The largest absolute Gasteiger partial charge is 0.481 e. The second kappa shape index (κ2) is 6.49. The third-order valence-corrected chi connectivity index (χ3v) is 3.24. The van der Waals surface area contributed by atoms with Crippen LogP contribution in [0.1, 0.15) is 15.9 Å². The van der Waals surface area contributed by atoms with Crippen molar-refractivity contribution in [1.82, 2.24) is 5.32 Å². The number of ether oxygens (including phenoxy) is 2. The molecule has 0 bridgehead atoms. The van der Waals surface area contributed by atoms with Gasteiger partial charge in [-0.25, -0.2) is 0 Å². The van der Waals surface area contributed by atoms with Crippen LogP contribution in [0, 0.1) is 5.92 Å². The third-order valence-electron chi connectivity index (χ3n) is 3.24. The van der Waals surface area contributed by atoms with Crippen molar-refractivity contribution in [3.05, 3.63) is 35.4 Å². The molecule has 2 unspecified atom stereocenters. The molecular formula is C14H17NO5. The fraction of sp³-hybridized carbons (Fsp3) is 0.429. The molecule has 0 spiro atoms. The molecular weight excluding hydrogens is 262 g/mol. The zero-order valence-electron chi connectivity index (χ0n) is 11.2. The van der Waals surface area contributed by atoms with Gasteiger partial charge in [0.1, 0.15) is 5.92 Å². The standard InChI is InChI=1S/C14H17NO5/c1-19-6-9-2-4-10(5-3-9)13(16)15-12-8-20-7-11(12)14(17)18/h2-5,11-12H,6-8H2,1H3,(H,15,16)(H,17,18). The van der Waals surface area contributed by atoms with Crippen LogP contribution in [0.25, 0.3) is 0 Å². The van der Waals surface area contributed by atoms with Crippen molar-refractivity contribution < 1.29 is 24.2 Å². The van der Waals surface area contributed by atoms with E-state index in [4.69, 9.17) is 14.6 Å². The highest BCUT2D eigenvalue weighted by Gasteiger charge is 2.35. The van der Waals surface area contributed by atoms with Crippen molar-refractivity contribution in [1.29, 1.82) is 0 Å². The first-order chi connectivity index (χ1) is 9.61. The number of nitrogens with one attached hydrogen (secondary N) is 1. The highest BCUT2D eigenvalue weighted by Crippen LogP contribution is 2.15. The molecule has 20 heavy (non-hydrogen) atoms. The number of methoxy groups -OCH3 is 1. The van der Waals surface area contributed by atoms with Crippen LogP contribution in [0.3, 0.4) is 0 Å². The summed E-state index contributed by atoms with van der Waals surface area (Å²) in [6.45, 7) is 0.844. The summed E-state index contributed by atoms with van der Waals surface area (Å²) < 4.78 is 10.1. The first-order valence-corrected chi connectivity index (χ1v) is 6.31. The van der Waals surface area contributed by atoms with Crippen LogP contribution in [-0.2, 0) is 20.9 Å². The Labute approximate surface area is 116 Å². The predicted octanol–water partition coefficient (Wildman–Crippen LogP) is 0.662. The molecule has 1 amide bonds. The van der Waals surface area contributed by atoms with E-state index in [0.717, 1.165) is 5.56 Å². The zero-order valence-corrected chi connectivity index (χ0v) is 11.2. The summed E-state index contributed by atoms with van der Waals surface area (Å²) >= 11 is 0. The van der Waals surface area contributed by atoms with Crippen molar-refractivity contribution in [2.45, 2.75) is 12.6 Å². The lowest BCUT2D eigenvalue weighted by Crippen LogP contribution is -2.42. The molecule has 0 aliphatic carbocycles. The lowest BCUT2D eigenvalue weighted by Gasteiger charge is -2.15. The minimum absolute atomic E-state index is 0.132. The van der Waals surface area contributed by atoms with Crippen LogP contribution in [-0.4, -0.2) is 43.3 Å². The number of carboxylic acid groups (broad SMARTS) is 1. The number of aliphatic carboxylic acids is 1. The van der Waals surface area contributed by atoms with Crippen molar-refractivity contribution in [3.63, 3.8) is 0 Å². The second-order valence-electron chi connectivity index (χ2n) is 4.69. The molecule has 1 aromatic rings. The summed E-state index contributed by atoms with van der Waals surface area (Å²) in [5, 5.41) is 11.7. The highest BCUT2D eigenvalue weighted by molar-refractivity contribution is 5.94. The first kappa shape index (κ1) is 14.5. The predicted molar refractivity (Wildman–Crippen MR) is 70.4 cm³/mol. The molecule has 0 saturated carbocycles. The Balaban J connectivity index is 1.99. The van der Waals surface area contributed by atoms with Gasteiger partial charge in [0, 0.05) is 12.7 Å². The maximum Gasteiger partial charge on any atom is 0.311 e. The van der Waals surface area contributed by atoms with E-state index in [0.29, 0.717) is 12.2 Å². The summed E-state index contributed by atoms with van der Waals surface area (Å²) in [5.41, 5.74) is 1.46. The minimum Gasteiger partial charge on any atom is -0.481 e. The van der Waals surface area contributed by atoms with Crippen LogP contribution >= 0.6 is 0 Å². The fourth-order valence-corrected chi connectivity index (χ4v) is 2.11. The zero-order chi connectivity index (χ0) is 14.5. The van der Waals surface area contributed by atoms with Gasteiger partial charge in [-0.1, -0.05) is 12.1 Å². The van der Waals surface area contributed by atoms with Gasteiger partial charge in [-0.3, -0.25) is 9.59 Å². The van der Waals surface area contributed by atoms with E-state index in [1.54, 1.807) is 31.4 Å². The summed E-state index contributed by atoms with van der Waals surface area (Å²) in [7, 11) is 1.60. The molecule has 108 valence electrons. The average molecular weight is 279 g/mol.